The lowest BCUT2D eigenvalue weighted by molar-refractivity contribution is 0.484. The van der Waals surface area contributed by atoms with Crippen LogP contribution in [0.2, 0.25) is 0 Å². The molecule has 22 heavy (non-hydrogen) atoms. The Labute approximate surface area is 131 Å². The third kappa shape index (κ3) is 2.87. The van der Waals surface area contributed by atoms with Gasteiger partial charge in [-0.05, 0) is 34.1 Å². The second-order valence-electron chi connectivity index (χ2n) is 5.34. The lowest BCUT2D eigenvalue weighted by Gasteiger charge is -2.15. The molecule has 0 aromatic carbocycles. The second-order valence-corrected chi connectivity index (χ2v) is 6.96. The van der Waals surface area contributed by atoms with Crippen LogP contribution in [0.25, 0.3) is 0 Å². The standard InChI is InChI=1S/C14H23N5O2S/c1-6-10(3)19-13(8-9-15-19)17-22(20,21)14-11(4)16-18(7-2)12(14)5/h8-10,17H,6-7H2,1-5H3/t10-/m1/s1. The lowest BCUT2D eigenvalue weighted by atomic mass is 10.3. The van der Waals surface area contributed by atoms with Gasteiger partial charge < -0.3 is 0 Å². The van der Waals surface area contributed by atoms with E-state index in [9.17, 15) is 8.42 Å². The van der Waals surface area contributed by atoms with Crippen molar-refractivity contribution in [1.82, 2.24) is 19.6 Å². The van der Waals surface area contributed by atoms with Gasteiger partial charge in [0.25, 0.3) is 10.0 Å². The summed E-state index contributed by atoms with van der Waals surface area (Å²) in [4.78, 5) is 0.242. The van der Waals surface area contributed by atoms with Crippen LogP contribution in [0.3, 0.4) is 0 Å². The summed E-state index contributed by atoms with van der Waals surface area (Å²) in [6.07, 6.45) is 2.46. The maximum atomic E-state index is 12.7. The first-order valence-electron chi connectivity index (χ1n) is 7.42. The monoisotopic (exact) mass is 325 g/mol. The molecule has 0 bridgehead atoms. The van der Waals surface area contributed by atoms with Crippen molar-refractivity contribution in [3.8, 4) is 0 Å². The quantitative estimate of drug-likeness (QED) is 0.884. The molecule has 1 atom stereocenters. The Kier molecular flexibility index (Phi) is 4.60. The van der Waals surface area contributed by atoms with Gasteiger partial charge in [0, 0.05) is 12.6 Å². The summed E-state index contributed by atoms with van der Waals surface area (Å²) >= 11 is 0. The summed E-state index contributed by atoms with van der Waals surface area (Å²) in [6, 6.07) is 1.78. The van der Waals surface area contributed by atoms with E-state index in [1.54, 1.807) is 35.5 Å². The van der Waals surface area contributed by atoms with Crippen LogP contribution in [0.4, 0.5) is 5.82 Å². The minimum absolute atomic E-state index is 0.119. The molecule has 0 radical (unpaired) electrons. The molecule has 8 heteroatoms. The van der Waals surface area contributed by atoms with Gasteiger partial charge in [0.05, 0.1) is 23.6 Å². The molecule has 0 unspecified atom stereocenters. The number of anilines is 1. The Hall–Kier alpha value is -1.83. The van der Waals surface area contributed by atoms with Crippen LogP contribution in [0.5, 0.6) is 0 Å². The van der Waals surface area contributed by atoms with Crippen LogP contribution in [-0.2, 0) is 16.6 Å². The van der Waals surface area contributed by atoms with Crippen molar-refractivity contribution in [3.63, 3.8) is 0 Å². The molecule has 2 aromatic rings. The third-order valence-electron chi connectivity index (χ3n) is 3.80. The van der Waals surface area contributed by atoms with Crippen molar-refractivity contribution in [2.45, 2.75) is 58.5 Å². The molecule has 0 saturated heterocycles. The Bertz CT molecular complexity index is 760. The zero-order chi connectivity index (χ0) is 16.5. The number of aromatic nitrogens is 4. The average molecular weight is 325 g/mol. The first-order chi connectivity index (χ1) is 10.3. The maximum Gasteiger partial charge on any atom is 0.266 e. The second kappa shape index (κ2) is 6.12. The van der Waals surface area contributed by atoms with Gasteiger partial charge >= 0.3 is 0 Å². The third-order valence-corrected chi connectivity index (χ3v) is 5.41. The molecule has 122 valence electrons. The van der Waals surface area contributed by atoms with Gasteiger partial charge in [-0.2, -0.15) is 10.2 Å². The minimum atomic E-state index is -3.69. The fourth-order valence-electron chi connectivity index (χ4n) is 2.49. The molecule has 0 spiro atoms. The molecular weight excluding hydrogens is 302 g/mol. The Morgan fingerprint density at radius 3 is 2.55 bits per heavy atom. The molecule has 0 amide bonds. The van der Waals surface area contributed by atoms with E-state index in [2.05, 4.69) is 14.9 Å². The predicted octanol–water partition coefficient (Wildman–Crippen LogP) is 2.49. The largest absolute Gasteiger partial charge is 0.268 e. The molecular formula is C14H23N5O2S. The van der Waals surface area contributed by atoms with Crippen molar-refractivity contribution < 1.29 is 8.42 Å². The molecule has 0 aliphatic rings. The smallest absolute Gasteiger partial charge is 0.266 e. The summed E-state index contributed by atoms with van der Waals surface area (Å²) in [5.41, 5.74) is 1.14. The number of nitrogens with zero attached hydrogens (tertiary/aromatic N) is 4. The predicted molar refractivity (Wildman–Crippen MR) is 85.4 cm³/mol. The van der Waals surface area contributed by atoms with Crippen LogP contribution in [0.1, 0.15) is 44.6 Å². The highest BCUT2D eigenvalue weighted by Gasteiger charge is 2.25. The molecule has 0 aliphatic heterocycles. The van der Waals surface area contributed by atoms with E-state index in [0.29, 0.717) is 23.8 Å². The van der Waals surface area contributed by atoms with Gasteiger partial charge in [-0.1, -0.05) is 6.92 Å². The Morgan fingerprint density at radius 1 is 1.32 bits per heavy atom. The Morgan fingerprint density at radius 2 is 2.00 bits per heavy atom. The van der Waals surface area contributed by atoms with E-state index in [4.69, 9.17) is 0 Å². The van der Waals surface area contributed by atoms with Crippen LogP contribution >= 0.6 is 0 Å². The fraction of sp³-hybridized carbons (Fsp3) is 0.571. The van der Waals surface area contributed by atoms with Gasteiger partial charge in [0.1, 0.15) is 10.7 Å². The summed E-state index contributed by atoms with van der Waals surface area (Å²) in [7, 11) is -3.69. The van der Waals surface area contributed by atoms with Gasteiger partial charge in [-0.25, -0.2) is 13.1 Å². The van der Waals surface area contributed by atoms with Crippen molar-refractivity contribution in [3.05, 3.63) is 23.7 Å². The first-order valence-corrected chi connectivity index (χ1v) is 8.90. The SMILES string of the molecule is CC[C@@H](C)n1nccc1NS(=O)(=O)c1c(C)nn(CC)c1C. The van der Waals surface area contributed by atoms with Crippen LogP contribution in [-0.4, -0.2) is 28.0 Å². The molecule has 2 aromatic heterocycles. The summed E-state index contributed by atoms with van der Waals surface area (Å²) < 4.78 is 31.5. The average Bonchev–Trinajstić information content (AvgIpc) is 3.01. The van der Waals surface area contributed by atoms with E-state index in [0.717, 1.165) is 6.42 Å². The fourth-order valence-corrected chi connectivity index (χ4v) is 3.95. The minimum Gasteiger partial charge on any atom is -0.268 e. The van der Waals surface area contributed by atoms with Crippen LogP contribution < -0.4 is 4.72 Å². The number of hydrogen-bond acceptors (Lipinski definition) is 4. The van der Waals surface area contributed by atoms with Gasteiger partial charge in [-0.3, -0.25) is 9.40 Å². The van der Waals surface area contributed by atoms with Crippen molar-refractivity contribution >= 4 is 15.8 Å². The Balaban J connectivity index is 2.41. The highest BCUT2D eigenvalue weighted by atomic mass is 32.2. The van der Waals surface area contributed by atoms with E-state index >= 15 is 0 Å². The van der Waals surface area contributed by atoms with Crippen molar-refractivity contribution in [1.29, 1.82) is 0 Å². The molecule has 0 saturated carbocycles. The van der Waals surface area contributed by atoms with Crippen LogP contribution in [0, 0.1) is 13.8 Å². The normalized spacial score (nSPS) is 13.3. The topological polar surface area (TPSA) is 81.8 Å². The molecule has 1 N–H and O–H groups in total. The highest BCUT2D eigenvalue weighted by Crippen LogP contribution is 2.24. The summed E-state index contributed by atoms with van der Waals surface area (Å²) in [5.74, 6) is 0.470. The summed E-state index contributed by atoms with van der Waals surface area (Å²) in [5, 5.41) is 8.47. The number of rotatable bonds is 6. The number of aryl methyl sites for hydroxylation is 2. The first kappa shape index (κ1) is 16.5. The van der Waals surface area contributed by atoms with E-state index in [1.165, 1.54) is 0 Å². The maximum absolute atomic E-state index is 12.7. The summed E-state index contributed by atoms with van der Waals surface area (Å²) in [6.45, 7) is 10.1. The molecule has 0 aliphatic carbocycles. The number of hydrogen-bond donors (Lipinski definition) is 1. The zero-order valence-electron chi connectivity index (χ0n) is 13.7. The lowest BCUT2D eigenvalue weighted by Crippen LogP contribution is -2.19. The van der Waals surface area contributed by atoms with E-state index in [1.807, 2.05) is 20.8 Å². The van der Waals surface area contributed by atoms with Crippen molar-refractivity contribution in [2.24, 2.45) is 0 Å². The van der Waals surface area contributed by atoms with Crippen LogP contribution in [0.15, 0.2) is 17.2 Å². The zero-order valence-corrected chi connectivity index (χ0v) is 14.5. The molecule has 7 nitrogen and oxygen atoms in total. The number of sulfonamides is 1. The molecule has 0 fully saturated rings. The molecule has 2 rings (SSSR count). The highest BCUT2D eigenvalue weighted by molar-refractivity contribution is 7.92. The number of nitrogens with one attached hydrogen (secondary N) is 1. The molecule has 2 heterocycles. The van der Waals surface area contributed by atoms with Crippen molar-refractivity contribution in [2.75, 3.05) is 4.72 Å². The van der Waals surface area contributed by atoms with Gasteiger partial charge in [0.2, 0.25) is 0 Å². The van der Waals surface area contributed by atoms with Gasteiger partial charge in [-0.15, -0.1) is 0 Å². The van der Waals surface area contributed by atoms with E-state index < -0.39 is 10.0 Å². The van der Waals surface area contributed by atoms with E-state index in [-0.39, 0.29) is 10.9 Å². The van der Waals surface area contributed by atoms with Gasteiger partial charge in [0.15, 0.2) is 0 Å².